The highest BCUT2D eigenvalue weighted by Gasteiger charge is 2.71. The van der Waals surface area contributed by atoms with Gasteiger partial charge in [-0.25, -0.2) is 0 Å². The van der Waals surface area contributed by atoms with Crippen molar-refractivity contribution in [2.24, 2.45) is 17.8 Å². The zero-order valence-corrected chi connectivity index (χ0v) is 5.39. The molecule has 1 aliphatic carbocycles. The molecule has 2 aliphatic rings. The van der Waals surface area contributed by atoms with Crippen LogP contribution >= 0.6 is 0 Å². The highest BCUT2D eigenvalue weighted by Crippen LogP contribution is 2.59. The zero-order valence-electron chi connectivity index (χ0n) is 5.39. The second-order valence-corrected chi connectivity index (χ2v) is 2.89. The van der Waals surface area contributed by atoms with Gasteiger partial charge in [0.05, 0.1) is 18.4 Å². The Labute approximate surface area is 60.3 Å². The predicted octanol–water partition coefficient (Wildman–Crippen LogP) is 0.968. The Hall–Kier alpha value is -0.740. The Morgan fingerprint density at radius 2 is 2.09 bits per heavy atom. The Morgan fingerprint density at radius 3 is 2.36 bits per heavy atom. The van der Waals surface area contributed by atoms with E-state index in [-0.39, 0.29) is 6.61 Å². The van der Waals surface area contributed by atoms with Gasteiger partial charge in [0, 0.05) is 5.92 Å². The normalized spacial score (nSPS) is 41.7. The van der Waals surface area contributed by atoms with E-state index in [4.69, 9.17) is 0 Å². The van der Waals surface area contributed by atoms with Gasteiger partial charge in [-0.1, -0.05) is 0 Å². The van der Waals surface area contributed by atoms with Gasteiger partial charge in [-0.15, -0.1) is 0 Å². The van der Waals surface area contributed by atoms with Crippen molar-refractivity contribution in [3.8, 4) is 0 Å². The van der Waals surface area contributed by atoms with Crippen LogP contribution in [0.2, 0.25) is 0 Å². The van der Waals surface area contributed by atoms with Crippen LogP contribution in [0.5, 0.6) is 0 Å². The summed E-state index contributed by atoms with van der Waals surface area (Å²) in [5.74, 6) is -3.56. The molecule has 0 radical (unpaired) electrons. The lowest BCUT2D eigenvalue weighted by Gasteiger charge is -2.07. The molecule has 3 atom stereocenters. The van der Waals surface area contributed by atoms with Crippen molar-refractivity contribution in [2.45, 2.75) is 6.18 Å². The molecule has 0 aromatic carbocycles. The highest BCUT2D eigenvalue weighted by molar-refractivity contribution is 5.79. The van der Waals surface area contributed by atoms with Crippen molar-refractivity contribution in [3.63, 3.8) is 0 Å². The van der Waals surface area contributed by atoms with E-state index in [2.05, 4.69) is 4.74 Å². The van der Waals surface area contributed by atoms with E-state index in [0.717, 1.165) is 0 Å². The maximum absolute atomic E-state index is 11.9. The quantitative estimate of drug-likeness (QED) is 0.501. The van der Waals surface area contributed by atoms with Gasteiger partial charge in [0.25, 0.3) is 0 Å². The number of rotatable bonds is 0. The summed E-state index contributed by atoms with van der Waals surface area (Å²) < 4.78 is 40.2. The van der Waals surface area contributed by atoms with Gasteiger partial charge in [0.1, 0.15) is 0 Å². The van der Waals surface area contributed by atoms with Crippen molar-refractivity contribution in [2.75, 3.05) is 6.61 Å². The van der Waals surface area contributed by atoms with Crippen LogP contribution in [0, 0.1) is 17.8 Å². The van der Waals surface area contributed by atoms with Gasteiger partial charge in [0.15, 0.2) is 0 Å². The average molecular weight is 166 g/mol. The third-order valence-electron chi connectivity index (χ3n) is 2.24. The lowest BCUT2D eigenvalue weighted by atomic mass is 10.3. The molecule has 1 aliphatic heterocycles. The van der Waals surface area contributed by atoms with Gasteiger partial charge < -0.3 is 4.74 Å². The first-order valence-electron chi connectivity index (χ1n) is 3.25. The van der Waals surface area contributed by atoms with Crippen LogP contribution in [0.4, 0.5) is 13.2 Å². The number of carbonyl (C=O) groups excluding carboxylic acids is 1. The number of esters is 1. The molecule has 0 amide bonds. The molecule has 1 saturated heterocycles. The molecule has 2 rings (SSSR count). The summed E-state index contributed by atoms with van der Waals surface area (Å²) in [6, 6.07) is 0. The third kappa shape index (κ3) is 0.829. The fraction of sp³-hybridized carbons (Fsp3) is 0.833. The molecule has 0 aromatic rings. The fourth-order valence-electron chi connectivity index (χ4n) is 1.62. The highest BCUT2D eigenvalue weighted by atomic mass is 19.4. The van der Waals surface area contributed by atoms with Gasteiger partial charge in [-0.3, -0.25) is 4.79 Å². The van der Waals surface area contributed by atoms with E-state index in [1.165, 1.54) is 0 Å². The largest absolute Gasteiger partial charge is 0.465 e. The SMILES string of the molecule is O=C1OCC2C1C2C(F)(F)F. The first kappa shape index (κ1) is 6.94. The number of halogens is 3. The van der Waals surface area contributed by atoms with E-state index < -0.39 is 29.9 Å². The molecule has 0 N–H and O–H groups in total. The third-order valence-corrected chi connectivity index (χ3v) is 2.24. The second-order valence-electron chi connectivity index (χ2n) is 2.89. The Kier molecular flexibility index (Phi) is 1.07. The van der Waals surface area contributed by atoms with Crippen molar-refractivity contribution < 1.29 is 22.7 Å². The number of ether oxygens (including phenoxy) is 1. The van der Waals surface area contributed by atoms with Gasteiger partial charge >= 0.3 is 12.1 Å². The molecular formula is C6H5F3O2. The summed E-state index contributed by atoms with van der Waals surface area (Å²) in [7, 11) is 0. The molecule has 5 heteroatoms. The van der Waals surface area contributed by atoms with E-state index >= 15 is 0 Å². The molecule has 1 heterocycles. The van der Waals surface area contributed by atoms with Crippen molar-refractivity contribution in [1.29, 1.82) is 0 Å². The van der Waals surface area contributed by atoms with Crippen molar-refractivity contribution >= 4 is 5.97 Å². The molecule has 0 spiro atoms. The Bertz CT molecular complexity index is 210. The minimum absolute atomic E-state index is 0.0479. The molecule has 2 nitrogen and oxygen atoms in total. The number of fused-ring (bicyclic) bond motifs is 1. The molecule has 1 saturated carbocycles. The maximum atomic E-state index is 11.9. The lowest BCUT2D eigenvalue weighted by Crippen LogP contribution is -2.19. The summed E-state index contributed by atoms with van der Waals surface area (Å²) in [5.41, 5.74) is 0. The number of hydrogen-bond donors (Lipinski definition) is 0. The van der Waals surface area contributed by atoms with Crippen LogP contribution in [-0.2, 0) is 9.53 Å². The van der Waals surface area contributed by atoms with Crippen LogP contribution in [0.1, 0.15) is 0 Å². The van der Waals surface area contributed by atoms with Crippen LogP contribution in [-0.4, -0.2) is 18.8 Å². The van der Waals surface area contributed by atoms with E-state index in [1.54, 1.807) is 0 Å². The van der Waals surface area contributed by atoms with Crippen molar-refractivity contribution in [1.82, 2.24) is 0 Å². The molecule has 0 aromatic heterocycles. The topological polar surface area (TPSA) is 26.3 Å². The van der Waals surface area contributed by atoms with Gasteiger partial charge in [-0.2, -0.15) is 13.2 Å². The van der Waals surface area contributed by atoms with E-state index in [9.17, 15) is 18.0 Å². The number of carbonyl (C=O) groups is 1. The number of hydrogen-bond acceptors (Lipinski definition) is 2. The summed E-state index contributed by atoms with van der Waals surface area (Å²) in [5, 5.41) is 0. The Balaban J connectivity index is 2.10. The standard InChI is InChI=1S/C6H5F3O2/c7-6(8,9)4-2-1-11-5(10)3(2)4/h2-4H,1H2. The monoisotopic (exact) mass is 166 g/mol. The predicted molar refractivity (Wildman–Crippen MR) is 27.5 cm³/mol. The summed E-state index contributed by atoms with van der Waals surface area (Å²) in [4.78, 5) is 10.6. The summed E-state index contributed by atoms with van der Waals surface area (Å²) in [6.07, 6.45) is -4.21. The minimum Gasteiger partial charge on any atom is -0.465 e. The average Bonchev–Trinajstić information content (AvgIpc) is 2.47. The summed E-state index contributed by atoms with van der Waals surface area (Å²) in [6.45, 7) is -0.0479. The second kappa shape index (κ2) is 1.70. The first-order valence-corrected chi connectivity index (χ1v) is 3.25. The molecular weight excluding hydrogens is 161 g/mol. The number of cyclic esters (lactones) is 1. The number of alkyl halides is 3. The molecule has 0 bridgehead atoms. The van der Waals surface area contributed by atoms with Crippen LogP contribution < -0.4 is 0 Å². The Morgan fingerprint density at radius 1 is 1.45 bits per heavy atom. The molecule has 11 heavy (non-hydrogen) atoms. The lowest BCUT2D eigenvalue weighted by molar-refractivity contribution is -0.169. The fourth-order valence-corrected chi connectivity index (χ4v) is 1.62. The van der Waals surface area contributed by atoms with Crippen molar-refractivity contribution in [3.05, 3.63) is 0 Å². The van der Waals surface area contributed by atoms with Gasteiger partial charge in [-0.05, 0) is 0 Å². The maximum Gasteiger partial charge on any atom is 0.393 e. The van der Waals surface area contributed by atoms with Gasteiger partial charge in [0.2, 0.25) is 0 Å². The first-order chi connectivity index (χ1) is 5.02. The minimum atomic E-state index is -4.21. The molecule has 62 valence electrons. The van der Waals surface area contributed by atoms with E-state index in [1.807, 2.05) is 0 Å². The summed E-state index contributed by atoms with van der Waals surface area (Å²) >= 11 is 0. The molecule has 2 fully saturated rings. The van der Waals surface area contributed by atoms with E-state index in [0.29, 0.717) is 0 Å². The zero-order chi connectivity index (χ0) is 8.22. The van der Waals surface area contributed by atoms with Crippen LogP contribution in [0.3, 0.4) is 0 Å². The van der Waals surface area contributed by atoms with Crippen LogP contribution in [0.25, 0.3) is 0 Å². The van der Waals surface area contributed by atoms with Crippen LogP contribution in [0.15, 0.2) is 0 Å². The smallest absolute Gasteiger partial charge is 0.393 e. The molecule has 3 unspecified atom stereocenters.